The Morgan fingerprint density at radius 2 is 1.91 bits per heavy atom. The van der Waals surface area contributed by atoms with Crippen LogP contribution in [0.5, 0.6) is 0 Å². The van der Waals surface area contributed by atoms with E-state index < -0.39 is 0 Å². The maximum atomic E-state index is 12.6. The van der Waals surface area contributed by atoms with Crippen molar-refractivity contribution in [3.63, 3.8) is 0 Å². The molecule has 1 amide bonds. The van der Waals surface area contributed by atoms with Crippen LogP contribution in [0.2, 0.25) is 0 Å². The van der Waals surface area contributed by atoms with Crippen molar-refractivity contribution in [1.82, 2.24) is 19.4 Å². The number of pyridine rings is 1. The third-order valence-corrected chi connectivity index (χ3v) is 5.12. The van der Waals surface area contributed by atoms with Crippen LogP contribution >= 0.6 is 0 Å². The number of rotatable bonds is 3. The highest BCUT2D eigenvalue weighted by Crippen LogP contribution is 2.32. The Kier molecular flexibility index (Phi) is 3.65. The summed E-state index contributed by atoms with van der Waals surface area (Å²) < 4.78 is 1.91. The summed E-state index contributed by atoms with van der Waals surface area (Å²) in [6.45, 7) is 4.82. The number of hydrogen-bond donors (Lipinski definition) is 0. The average Bonchev–Trinajstić information content (AvgIpc) is 3.22. The van der Waals surface area contributed by atoms with E-state index >= 15 is 0 Å². The number of nitrogens with zero attached hydrogens (tertiary/aromatic N) is 4. The molecule has 0 aliphatic carbocycles. The number of hydrogen-bond acceptors (Lipinski definition) is 3. The molecule has 0 radical (unpaired) electrons. The summed E-state index contributed by atoms with van der Waals surface area (Å²) >= 11 is 0. The highest BCUT2D eigenvalue weighted by atomic mass is 16.2. The maximum absolute atomic E-state index is 12.6. The summed E-state index contributed by atoms with van der Waals surface area (Å²) in [6.07, 6.45) is 3.78. The molecule has 23 heavy (non-hydrogen) atoms. The van der Waals surface area contributed by atoms with Crippen molar-refractivity contribution in [3.8, 4) is 0 Å². The molecule has 0 bridgehead atoms. The van der Waals surface area contributed by atoms with Crippen LogP contribution in [0.4, 0.5) is 0 Å². The van der Waals surface area contributed by atoms with Gasteiger partial charge in [0, 0.05) is 52.2 Å². The third-order valence-electron chi connectivity index (χ3n) is 5.12. The molecule has 4 rings (SSSR count). The van der Waals surface area contributed by atoms with Gasteiger partial charge in [-0.1, -0.05) is 6.07 Å². The summed E-state index contributed by atoms with van der Waals surface area (Å²) in [7, 11) is 1.93. The number of carbonyl (C=O) groups is 1. The average molecular weight is 310 g/mol. The fourth-order valence-corrected chi connectivity index (χ4v) is 3.95. The van der Waals surface area contributed by atoms with Gasteiger partial charge in [0.2, 0.25) is 0 Å². The first-order valence-electron chi connectivity index (χ1n) is 8.23. The molecule has 2 aromatic heterocycles. The number of likely N-dealkylation sites (tertiary alicyclic amines) is 2. The first-order chi connectivity index (χ1) is 11.2. The lowest BCUT2D eigenvalue weighted by Crippen LogP contribution is -2.34. The quantitative estimate of drug-likeness (QED) is 0.865. The first kappa shape index (κ1) is 14.5. The van der Waals surface area contributed by atoms with Crippen molar-refractivity contribution in [2.24, 2.45) is 18.9 Å². The molecule has 2 aliphatic rings. The molecule has 0 saturated carbocycles. The molecular weight excluding hydrogens is 288 g/mol. The Bertz CT molecular complexity index is 682. The van der Waals surface area contributed by atoms with Crippen LogP contribution in [-0.2, 0) is 13.6 Å². The topological polar surface area (TPSA) is 41.4 Å². The van der Waals surface area contributed by atoms with Gasteiger partial charge in [-0.2, -0.15) is 0 Å². The van der Waals surface area contributed by atoms with Gasteiger partial charge in [0.1, 0.15) is 5.69 Å². The minimum atomic E-state index is 0.170. The summed E-state index contributed by atoms with van der Waals surface area (Å²) in [5.41, 5.74) is 1.92. The van der Waals surface area contributed by atoms with Gasteiger partial charge < -0.3 is 9.47 Å². The Morgan fingerprint density at radius 1 is 1.13 bits per heavy atom. The molecule has 2 saturated heterocycles. The second-order valence-corrected chi connectivity index (χ2v) is 6.75. The lowest BCUT2D eigenvalue weighted by molar-refractivity contribution is 0.0764. The van der Waals surface area contributed by atoms with E-state index in [4.69, 9.17) is 0 Å². The van der Waals surface area contributed by atoms with Crippen LogP contribution in [0.1, 0.15) is 16.2 Å². The highest BCUT2D eigenvalue weighted by Gasteiger charge is 2.41. The predicted molar refractivity (Wildman–Crippen MR) is 87.8 cm³/mol. The zero-order valence-corrected chi connectivity index (χ0v) is 13.4. The number of amides is 1. The number of aryl methyl sites for hydroxylation is 1. The molecule has 0 N–H and O–H groups in total. The predicted octanol–water partition coefficient (Wildman–Crippen LogP) is 1.62. The zero-order valence-electron chi connectivity index (χ0n) is 13.4. The van der Waals surface area contributed by atoms with Gasteiger partial charge >= 0.3 is 0 Å². The van der Waals surface area contributed by atoms with E-state index in [0.29, 0.717) is 11.8 Å². The van der Waals surface area contributed by atoms with Gasteiger partial charge in [-0.25, -0.2) is 0 Å². The third kappa shape index (κ3) is 2.77. The Balaban J connectivity index is 1.37. The molecule has 5 heteroatoms. The van der Waals surface area contributed by atoms with Crippen LogP contribution in [0.25, 0.3) is 0 Å². The van der Waals surface area contributed by atoms with Crippen LogP contribution in [0.15, 0.2) is 42.7 Å². The fourth-order valence-electron chi connectivity index (χ4n) is 3.95. The molecule has 0 unspecified atom stereocenters. The van der Waals surface area contributed by atoms with Gasteiger partial charge in [-0.3, -0.25) is 14.7 Å². The van der Waals surface area contributed by atoms with E-state index in [2.05, 4.69) is 16.0 Å². The molecule has 2 atom stereocenters. The van der Waals surface area contributed by atoms with Gasteiger partial charge in [-0.05, 0) is 36.1 Å². The van der Waals surface area contributed by atoms with E-state index in [0.717, 1.165) is 44.1 Å². The van der Waals surface area contributed by atoms with Crippen LogP contribution in [0.3, 0.4) is 0 Å². The minimum absolute atomic E-state index is 0.170. The number of aromatic nitrogens is 2. The van der Waals surface area contributed by atoms with Crippen LogP contribution in [-0.4, -0.2) is 51.4 Å². The van der Waals surface area contributed by atoms with E-state index in [-0.39, 0.29) is 5.91 Å². The van der Waals surface area contributed by atoms with Crippen molar-refractivity contribution < 1.29 is 4.79 Å². The summed E-state index contributed by atoms with van der Waals surface area (Å²) in [4.78, 5) is 21.5. The van der Waals surface area contributed by atoms with Gasteiger partial charge in [0.15, 0.2) is 0 Å². The summed E-state index contributed by atoms with van der Waals surface area (Å²) in [6, 6.07) is 9.91. The van der Waals surface area contributed by atoms with Gasteiger partial charge in [0.05, 0.1) is 5.69 Å². The molecule has 2 aromatic rings. The van der Waals surface area contributed by atoms with Crippen molar-refractivity contribution in [1.29, 1.82) is 0 Å². The Labute approximate surface area is 136 Å². The van der Waals surface area contributed by atoms with Gasteiger partial charge in [-0.15, -0.1) is 0 Å². The second kappa shape index (κ2) is 5.81. The van der Waals surface area contributed by atoms with Crippen LogP contribution < -0.4 is 0 Å². The normalized spacial score (nSPS) is 24.1. The van der Waals surface area contributed by atoms with E-state index in [1.54, 1.807) is 0 Å². The maximum Gasteiger partial charge on any atom is 0.270 e. The van der Waals surface area contributed by atoms with E-state index in [9.17, 15) is 4.79 Å². The minimum Gasteiger partial charge on any atom is -0.347 e. The Hall–Kier alpha value is -2.14. The number of fused-ring (bicyclic) bond motifs is 1. The van der Waals surface area contributed by atoms with E-state index in [1.165, 1.54) is 0 Å². The second-order valence-electron chi connectivity index (χ2n) is 6.75. The Morgan fingerprint density at radius 3 is 2.52 bits per heavy atom. The molecule has 5 nitrogen and oxygen atoms in total. The first-order valence-corrected chi connectivity index (χ1v) is 8.23. The van der Waals surface area contributed by atoms with Crippen molar-refractivity contribution >= 4 is 5.91 Å². The molecule has 0 spiro atoms. The highest BCUT2D eigenvalue weighted by molar-refractivity contribution is 5.93. The molecule has 2 fully saturated rings. The molecule has 0 aromatic carbocycles. The zero-order chi connectivity index (χ0) is 15.8. The molecule has 2 aliphatic heterocycles. The van der Waals surface area contributed by atoms with Crippen molar-refractivity contribution in [2.45, 2.75) is 6.54 Å². The van der Waals surface area contributed by atoms with Crippen molar-refractivity contribution in [3.05, 3.63) is 54.1 Å². The SMILES string of the molecule is Cn1cccc1C(=O)N1C[C@H]2CN(Cc3ccccn3)C[C@@H]2C1. The standard InChI is InChI=1S/C18H22N4O/c1-20-8-4-6-17(20)18(23)22-11-14-9-21(10-15(14)12-22)13-16-5-2-3-7-19-16/h2-8,14-15H,9-13H2,1H3/t14-,15-/m1/s1. The monoisotopic (exact) mass is 310 g/mol. The van der Waals surface area contributed by atoms with Crippen LogP contribution in [0, 0.1) is 11.8 Å². The lowest BCUT2D eigenvalue weighted by atomic mass is 10.0. The number of carbonyl (C=O) groups excluding carboxylic acids is 1. The summed E-state index contributed by atoms with van der Waals surface area (Å²) in [5.74, 6) is 1.37. The smallest absolute Gasteiger partial charge is 0.270 e. The molecule has 4 heterocycles. The molecular formula is C18H22N4O. The van der Waals surface area contributed by atoms with Gasteiger partial charge in [0.25, 0.3) is 5.91 Å². The van der Waals surface area contributed by atoms with E-state index in [1.807, 2.05) is 53.2 Å². The molecule has 120 valence electrons. The summed E-state index contributed by atoms with van der Waals surface area (Å²) in [5, 5.41) is 0. The fraction of sp³-hybridized carbons (Fsp3) is 0.444. The largest absolute Gasteiger partial charge is 0.347 e. The lowest BCUT2D eigenvalue weighted by Gasteiger charge is -2.21. The van der Waals surface area contributed by atoms with Crippen molar-refractivity contribution in [2.75, 3.05) is 26.2 Å².